The van der Waals surface area contributed by atoms with E-state index in [1.54, 1.807) is 0 Å². The number of halogens is 1. The van der Waals surface area contributed by atoms with Crippen LogP contribution in [0.1, 0.15) is 38.5 Å². The summed E-state index contributed by atoms with van der Waals surface area (Å²) < 4.78 is 0. The highest BCUT2D eigenvalue weighted by Gasteiger charge is 2.20. The molecule has 1 saturated carbocycles. The molecule has 1 aliphatic rings. The predicted octanol–water partition coefficient (Wildman–Crippen LogP) is 1.80. The summed E-state index contributed by atoms with van der Waals surface area (Å²) in [5.74, 6) is 4.65. The van der Waals surface area contributed by atoms with Gasteiger partial charge in [0, 0.05) is 0 Å². The Bertz CT molecular complexity index is 133. The number of rotatable bonds is 1. The molecule has 0 atom stereocenters. The molecule has 0 aromatic rings. The minimum atomic E-state index is -0.230. The van der Waals surface area contributed by atoms with Gasteiger partial charge >= 0.3 is 5.97 Å². The van der Waals surface area contributed by atoms with Crippen molar-refractivity contribution in [3.8, 4) is 0 Å². The van der Waals surface area contributed by atoms with Crippen molar-refractivity contribution in [1.29, 1.82) is 0 Å². The third kappa shape index (κ3) is 3.41. The molecule has 12 heavy (non-hydrogen) atoms. The monoisotopic (exact) mass is 193 g/mol. The van der Waals surface area contributed by atoms with E-state index in [-0.39, 0.29) is 24.3 Å². The van der Waals surface area contributed by atoms with Crippen LogP contribution < -0.4 is 5.90 Å². The first kappa shape index (κ1) is 11.7. The summed E-state index contributed by atoms with van der Waals surface area (Å²) in [6, 6.07) is 0. The zero-order valence-electron chi connectivity index (χ0n) is 7.12. The predicted molar refractivity (Wildman–Crippen MR) is 48.7 cm³/mol. The average Bonchev–Trinajstić information content (AvgIpc) is 2.30. The molecule has 0 bridgehead atoms. The first-order valence-corrected chi connectivity index (χ1v) is 4.25. The minimum Gasteiger partial charge on any atom is -0.373 e. The van der Waals surface area contributed by atoms with E-state index in [9.17, 15) is 4.79 Å². The molecule has 1 aliphatic carbocycles. The average molecular weight is 194 g/mol. The Morgan fingerprint density at radius 1 is 1.17 bits per heavy atom. The van der Waals surface area contributed by atoms with E-state index >= 15 is 0 Å². The van der Waals surface area contributed by atoms with Crippen LogP contribution in [0.2, 0.25) is 0 Å². The zero-order chi connectivity index (χ0) is 8.10. The van der Waals surface area contributed by atoms with Gasteiger partial charge in [-0.05, 0) is 12.8 Å². The summed E-state index contributed by atoms with van der Waals surface area (Å²) in [5, 5.41) is 0. The molecule has 72 valence electrons. The van der Waals surface area contributed by atoms with Crippen molar-refractivity contribution in [1.82, 2.24) is 0 Å². The number of hydrogen-bond donors (Lipinski definition) is 1. The molecular formula is C8H16ClNO2. The smallest absolute Gasteiger partial charge is 0.327 e. The van der Waals surface area contributed by atoms with E-state index in [0.717, 1.165) is 25.7 Å². The maximum atomic E-state index is 11.0. The largest absolute Gasteiger partial charge is 0.373 e. The van der Waals surface area contributed by atoms with Crippen LogP contribution in [0.25, 0.3) is 0 Å². The zero-order valence-corrected chi connectivity index (χ0v) is 7.94. The molecule has 0 radical (unpaired) electrons. The third-order valence-corrected chi connectivity index (χ3v) is 2.30. The van der Waals surface area contributed by atoms with Gasteiger partial charge in [-0.3, -0.25) is 4.79 Å². The Kier molecular flexibility index (Phi) is 6.11. The lowest BCUT2D eigenvalue weighted by atomic mass is 10.0. The molecule has 3 nitrogen and oxygen atoms in total. The molecule has 1 rings (SSSR count). The van der Waals surface area contributed by atoms with Crippen LogP contribution in [0.4, 0.5) is 0 Å². The van der Waals surface area contributed by atoms with Crippen LogP contribution in [0.3, 0.4) is 0 Å². The molecule has 0 amide bonds. The first-order chi connectivity index (χ1) is 5.34. The van der Waals surface area contributed by atoms with Crippen LogP contribution in [-0.4, -0.2) is 5.97 Å². The van der Waals surface area contributed by atoms with Gasteiger partial charge in [0.15, 0.2) is 0 Å². The maximum Gasteiger partial charge on any atom is 0.327 e. The maximum absolute atomic E-state index is 11.0. The lowest BCUT2D eigenvalue weighted by molar-refractivity contribution is -0.149. The molecule has 0 heterocycles. The normalized spacial score (nSPS) is 19.1. The van der Waals surface area contributed by atoms with Crippen LogP contribution in [0.5, 0.6) is 0 Å². The SMILES string of the molecule is Cl.NOC(=O)C1CCCCCC1. The number of hydrogen-bond acceptors (Lipinski definition) is 3. The van der Waals surface area contributed by atoms with Crippen molar-refractivity contribution in [2.75, 3.05) is 0 Å². The van der Waals surface area contributed by atoms with Crippen LogP contribution in [-0.2, 0) is 9.63 Å². The van der Waals surface area contributed by atoms with Gasteiger partial charge in [-0.25, -0.2) is 0 Å². The van der Waals surface area contributed by atoms with Gasteiger partial charge < -0.3 is 4.84 Å². The lowest BCUT2D eigenvalue weighted by Gasteiger charge is -2.08. The van der Waals surface area contributed by atoms with Crippen LogP contribution in [0.15, 0.2) is 0 Å². The van der Waals surface area contributed by atoms with Crippen molar-refractivity contribution >= 4 is 18.4 Å². The Morgan fingerprint density at radius 2 is 1.67 bits per heavy atom. The summed E-state index contributed by atoms with van der Waals surface area (Å²) in [4.78, 5) is 15.2. The second-order valence-corrected chi connectivity index (χ2v) is 3.13. The molecule has 0 spiro atoms. The molecule has 0 unspecified atom stereocenters. The van der Waals surface area contributed by atoms with Gasteiger partial charge in [0.25, 0.3) is 0 Å². The van der Waals surface area contributed by atoms with Crippen LogP contribution >= 0.6 is 12.4 Å². The van der Waals surface area contributed by atoms with Gasteiger partial charge in [-0.2, -0.15) is 5.90 Å². The summed E-state index contributed by atoms with van der Waals surface area (Å²) in [5.41, 5.74) is 0. The van der Waals surface area contributed by atoms with Crippen molar-refractivity contribution < 1.29 is 9.63 Å². The van der Waals surface area contributed by atoms with Crippen molar-refractivity contribution in [2.45, 2.75) is 38.5 Å². The van der Waals surface area contributed by atoms with Gasteiger partial charge in [-0.1, -0.05) is 25.7 Å². The Balaban J connectivity index is 0.00000121. The topological polar surface area (TPSA) is 52.3 Å². The summed E-state index contributed by atoms with van der Waals surface area (Å²) in [7, 11) is 0. The molecule has 0 aromatic heterocycles. The van der Waals surface area contributed by atoms with E-state index < -0.39 is 0 Å². The first-order valence-electron chi connectivity index (χ1n) is 4.25. The summed E-state index contributed by atoms with van der Waals surface area (Å²) in [6.07, 6.45) is 6.67. The van der Waals surface area contributed by atoms with Gasteiger partial charge in [0.2, 0.25) is 0 Å². The van der Waals surface area contributed by atoms with E-state index in [1.807, 2.05) is 0 Å². The Hall–Kier alpha value is -0.280. The fourth-order valence-electron chi connectivity index (χ4n) is 1.61. The number of carbonyl (C=O) groups is 1. The highest BCUT2D eigenvalue weighted by Crippen LogP contribution is 2.23. The number of nitrogens with two attached hydrogens (primary N) is 1. The second-order valence-electron chi connectivity index (χ2n) is 3.13. The van der Waals surface area contributed by atoms with E-state index in [0.29, 0.717) is 0 Å². The van der Waals surface area contributed by atoms with E-state index in [2.05, 4.69) is 4.84 Å². The molecule has 2 N–H and O–H groups in total. The highest BCUT2D eigenvalue weighted by molar-refractivity contribution is 5.85. The van der Waals surface area contributed by atoms with E-state index in [4.69, 9.17) is 5.90 Å². The Labute approximate surface area is 79.0 Å². The fourth-order valence-corrected chi connectivity index (χ4v) is 1.61. The summed E-state index contributed by atoms with van der Waals surface area (Å²) >= 11 is 0. The standard InChI is InChI=1S/C8H15NO2.ClH/c9-11-8(10)7-5-3-1-2-4-6-7;/h7H,1-6,9H2;1H. The van der Waals surface area contributed by atoms with Crippen LogP contribution in [0, 0.1) is 5.92 Å². The third-order valence-electron chi connectivity index (χ3n) is 2.30. The van der Waals surface area contributed by atoms with Gasteiger partial charge in [0.05, 0.1) is 5.92 Å². The molecule has 0 saturated heterocycles. The lowest BCUT2D eigenvalue weighted by Crippen LogP contribution is -2.20. The van der Waals surface area contributed by atoms with Gasteiger partial charge in [-0.15, -0.1) is 12.4 Å². The summed E-state index contributed by atoms with van der Waals surface area (Å²) in [6.45, 7) is 0. The van der Waals surface area contributed by atoms with Crippen molar-refractivity contribution in [2.24, 2.45) is 11.8 Å². The number of carbonyl (C=O) groups excluding carboxylic acids is 1. The van der Waals surface area contributed by atoms with Gasteiger partial charge in [0.1, 0.15) is 0 Å². The molecular weight excluding hydrogens is 178 g/mol. The Morgan fingerprint density at radius 3 is 2.08 bits per heavy atom. The minimum absolute atomic E-state index is 0. The molecule has 4 heteroatoms. The fraction of sp³-hybridized carbons (Fsp3) is 0.875. The highest BCUT2D eigenvalue weighted by atomic mass is 35.5. The quantitative estimate of drug-likeness (QED) is 0.510. The van der Waals surface area contributed by atoms with E-state index in [1.165, 1.54) is 12.8 Å². The molecule has 1 fully saturated rings. The molecule has 0 aliphatic heterocycles. The second kappa shape index (κ2) is 6.26. The van der Waals surface area contributed by atoms with Crippen molar-refractivity contribution in [3.05, 3.63) is 0 Å². The van der Waals surface area contributed by atoms with Crippen molar-refractivity contribution in [3.63, 3.8) is 0 Å². The molecule has 0 aromatic carbocycles.